The highest BCUT2D eigenvalue weighted by molar-refractivity contribution is 7.90. The summed E-state index contributed by atoms with van der Waals surface area (Å²) < 4.78 is 26.3. The van der Waals surface area contributed by atoms with Gasteiger partial charge in [0.25, 0.3) is 10.0 Å². The molecule has 0 bridgehead atoms. The number of aryl methyl sites for hydroxylation is 1. The largest absolute Gasteiger partial charge is 0.399 e. The van der Waals surface area contributed by atoms with Gasteiger partial charge in [-0.15, -0.1) is 0 Å². The van der Waals surface area contributed by atoms with Crippen LogP contribution >= 0.6 is 0 Å². The Kier molecular flexibility index (Phi) is 5.38. The van der Waals surface area contributed by atoms with Crippen LogP contribution in [0.3, 0.4) is 0 Å². The summed E-state index contributed by atoms with van der Waals surface area (Å²) in [5.41, 5.74) is 7.35. The van der Waals surface area contributed by atoms with Gasteiger partial charge in [-0.2, -0.15) is 0 Å². The molecule has 0 fully saturated rings. The molecule has 112 valence electrons. The van der Waals surface area contributed by atoms with Crippen LogP contribution in [0.5, 0.6) is 0 Å². The Morgan fingerprint density at radius 3 is 2.55 bits per heavy atom. The first-order chi connectivity index (χ1) is 9.27. The van der Waals surface area contributed by atoms with E-state index >= 15 is 0 Å². The fourth-order valence-corrected chi connectivity index (χ4v) is 3.01. The van der Waals surface area contributed by atoms with Gasteiger partial charge in [-0.05, 0) is 43.5 Å². The number of anilines is 1. The summed E-state index contributed by atoms with van der Waals surface area (Å²) >= 11 is 0. The van der Waals surface area contributed by atoms with Crippen molar-refractivity contribution >= 4 is 21.7 Å². The molecule has 0 heterocycles. The van der Waals surface area contributed by atoms with Crippen molar-refractivity contribution < 1.29 is 13.2 Å². The Bertz CT molecular complexity index is 597. The Hall–Kier alpha value is -1.76. The molecule has 2 amide bonds. The first-order valence-corrected chi connectivity index (χ1v) is 7.93. The van der Waals surface area contributed by atoms with E-state index in [1.165, 1.54) is 6.07 Å². The van der Waals surface area contributed by atoms with Gasteiger partial charge in [-0.25, -0.2) is 17.9 Å². The number of benzene rings is 1. The Balaban J connectivity index is 2.92. The lowest BCUT2D eigenvalue weighted by atomic mass is 10.1. The molecule has 0 saturated carbocycles. The molecule has 1 rings (SSSR count). The molecule has 20 heavy (non-hydrogen) atoms. The number of amides is 2. The Morgan fingerprint density at radius 1 is 1.30 bits per heavy atom. The molecule has 0 aliphatic heterocycles. The fourth-order valence-electron chi connectivity index (χ4n) is 1.72. The maximum Gasteiger partial charge on any atom is 0.328 e. The molecule has 0 aliphatic rings. The van der Waals surface area contributed by atoms with E-state index in [9.17, 15) is 13.2 Å². The van der Waals surface area contributed by atoms with E-state index in [4.69, 9.17) is 5.73 Å². The van der Waals surface area contributed by atoms with Gasteiger partial charge in [-0.3, -0.25) is 0 Å². The zero-order chi connectivity index (χ0) is 15.3. The molecule has 0 aromatic heterocycles. The van der Waals surface area contributed by atoms with E-state index in [0.717, 1.165) is 18.4 Å². The van der Waals surface area contributed by atoms with Crippen molar-refractivity contribution in [2.24, 2.45) is 0 Å². The first-order valence-electron chi connectivity index (χ1n) is 6.45. The molecular weight excluding hydrogens is 278 g/mol. The summed E-state index contributed by atoms with van der Waals surface area (Å²) in [6, 6.07) is 2.32. The van der Waals surface area contributed by atoms with Crippen molar-refractivity contribution in [3.8, 4) is 0 Å². The van der Waals surface area contributed by atoms with Crippen LogP contribution in [0.25, 0.3) is 0 Å². The molecule has 0 unspecified atom stereocenters. The molecule has 0 atom stereocenters. The van der Waals surface area contributed by atoms with Crippen LogP contribution in [0, 0.1) is 13.8 Å². The second-order valence-electron chi connectivity index (χ2n) is 4.68. The van der Waals surface area contributed by atoms with Gasteiger partial charge in [0.2, 0.25) is 0 Å². The molecule has 1 aromatic carbocycles. The third-order valence-electron chi connectivity index (χ3n) is 2.97. The van der Waals surface area contributed by atoms with Crippen molar-refractivity contribution in [1.29, 1.82) is 0 Å². The summed E-state index contributed by atoms with van der Waals surface area (Å²) in [5.74, 6) is 0. The topological polar surface area (TPSA) is 101 Å². The Labute approximate surface area is 119 Å². The van der Waals surface area contributed by atoms with E-state index < -0.39 is 16.1 Å². The van der Waals surface area contributed by atoms with Crippen molar-refractivity contribution in [2.45, 2.75) is 38.5 Å². The van der Waals surface area contributed by atoms with E-state index in [1.807, 2.05) is 11.6 Å². The third kappa shape index (κ3) is 4.12. The number of unbranched alkanes of at least 4 members (excludes halogenated alkanes) is 1. The highest BCUT2D eigenvalue weighted by atomic mass is 32.2. The molecule has 1 aromatic rings. The first kappa shape index (κ1) is 16.3. The maximum absolute atomic E-state index is 12.2. The summed E-state index contributed by atoms with van der Waals surface area (Å²) in [6.45, 7) is 5.87. The number of sulfonamides is 1. The lowest BCUT2D eigenvalue weighted by Gasteiger charge is -2.12. The van der Waals surface area contributed by atoms with Crippen LogP contribution in [0.1, 0.15) is 30.9 Å². The lowest BCUT2D eigenvalue weighted by Crippen LogP contribution is -2.40. The van der Waals surface area contributed by atoms with Gasteiger partial charge in [0.1, 0.15) is 0 Å². The number of hydrogen-bond donors (Lipinski definition) is 3. The smallest absolute Gasteiger partial charge is 0.328 e. The quantitative estimate of drug-likeness (QED) is 0.568. The average molecular weight is 299 g/mol. The molecule has 6 nitrogen and oxygen atoms in total. The van der Waals surface area contributed by atoms with Gasteiger partial charge >= 0.3 is 6.03 Å². The molecule has 0 aliphatic carbocycles. The van der Waals surface area contributed by atoms with Crippen LogP contribution in [0.2, 0.25) is 0 Å². The summed E-state index contributed by atoms with van der Waals surface area (Å²) in [6.07, 6.45) is 1.71. The number of hydrogen-bond acceptors (Lipinski definition) is 4. The van der Waals surface area contributed by atoms with E-state index in [2.05, 4.69) is 5.32 Å². The van der Waals surface area contributed by atoms with E-state index in [0.29, 0.717) is 17.8 Å². The Morgan fingerprint density at radius 2 is 1.95 bits per heavy atom. The average Bonchev–Trinajstić information content (AvgIpc) is 2.33. The third-order valence-corrected chi connectivity index (χ3v) is 4.43. The van der Waals surface area contributed by atoms with Crippen LogP contribution < -0.4 is 15.8 Å². The van der Waals surface area contributed by atoms with Crippen molar-refractivity contribution in [3.05, 3.63) is 23.3 Å². The minimum absolute atomic E-state index is 0.0284. The van der Waals surface area contributed by atoms with Gasteiger partial charge in [0.15, 0.2) is 0 Å². The normalized spacial score (nSPS) is 11.2. The number of carbonyl (C=O) groups is 1. The van der Waals surface area contributed by atoms with Crippen molar-refractivity contribution in [2.75, 3.05) is 12.3 Å². The zero-order valence-electron chi connectivity index (χ0n) is 12.0. The highest BCUT2D eigenvalue weighted by Gasteiger charge is 2.21. The van der Waals surface area contributed by atoms with Gasteiger partial charge in [-0.1, -0.05) is 13.3 Å². The van der Waals surface area contributed by atoms with Crippen molar-refractivity contribution in [1.82, 2.24) is 10.0 Å². The number of nitrogens with one attached hydrogen (secondary N) is 2. The summed E-state index contributed by atoms with van der Waals surface area (Å²) in [7, 11) is -3.91. The standard InChI is InChI=1S/C13H21N3O3S/c1-4-5-6-15-13(17)16-20(18,19)12-8-11(14)7-9(2)10(12)3/h7-8H,4-6,14H2,1-3H3,(H2,15,16,17). The number of urea groups is 1. The number of carbonyl (C=O) groups excluding carboxylic acids is 1. The summed E-state index contributed by atoms with van der Waals surface area (Å²) in [5, 5.41) is 2.50. The van der Waals surface area contributed by atoms with E-state index in [1.54, 1.807) is 19.9 Å². The zero-order valence-corrected chi connectivity index (χ0v) is 12.8. The highest BCUT2D eigenvalue weighted by Crippen LogP contribution is 2.22. The molecule has 0 spiro atoms. The van der Waals surface area contributed by atoms with Gasteiger partial charge < -0.3 is 11.1 Å². The van der Waals surface area contributed by atoms with Crippen molar-refractivity contribution in [3.63, 3.8) is 0 Å². The molecule has 0 radical (unpaired) electrons. The maximum atomic E-state index is 12.2. The van der Waals surface area contributed by atoms with Crippen LogP contribution in [-0.2, 0) is 10.0 Å². The molecule has 0 saturated heterocycles. The van der Waals surface area contributed by atoms with Crippen LogP contribution in [0.4, 0.5) is 10.5 Å². The lowest BCUT2D eigenvalue weighted by molar-refractivity contribution is 0.245. The second kappa shape index (κ2) is 6.60. The number of nitrogen functional groups attached to an aromatic ring is 1. The van der Waals surface area contributed by atoms with Crippen LogP contribution in [0.15, 0.2) is 17.0 Å². The van der Waals surface area contributed by atoms with Gasteiger partial charge in [0.05, 0.1) is 4.90 Å². The molecule has 7 heteroatoms. The SMILES string of the molecule is CCCCNC(=O)NS(=O)(=O)c1cc(N)cc(C)c1C. The summed E-state index contributed by atoms with van der Waals surface area (Å²) in [4.78, 5) is 11.6. The van der Waals surface area contributed by atoms with Crippen LogP contribution in [-0.4, -0.2) is 21.0 Å². The fraction of sp³-hybridized carbons (Fsp3) is 0.462. The minimum Gasteiger partial charge on any atom is -0.399 e. The monoisotopic (exact) mass is 299 g/mol. The van der Waals surface area contributed by atoms with Gasteiger partial charge in [0, 0.05) is 12.2 Å². The number of nitrogens with two attached hydrogens (primary N) is 1. The predicted octanol–water partition coefficient (Wildman–Crippen LogP) is 1.67. The predicted molar refractivity (Wildman–Crippen MR) is 79.0 cm³/mol. The number of rotatable bonds is 5. The molecular formula is C13H21N3O3S. The second-order valence-corrected chi connectivity index (χ2v) is 6.33. The van der Waals surface area contributed by atoms with E-state index in [-0.39, 0.29) is 4.90 Å². The molecule has 4 N–H and O–H groups in total. The minimum atomic E-state index is -3.91.